The molecule has 0 bridgehead atoms. The second-order valence-electron chi connectivity index (χ2n) is 8.98. The second kappa shape index (κ2) is 10.4. The zero-order chi connectivity index (χ0) is 25.1. The van der Waals surface area contributed by atoms with Gasteiger partial charge in [0, 0.05) is 55.1 Å². The van der Waals surface area contributed by atoms with Crippen molar-refractivity contribution in [2.75, 3.05) is 25.0 Å². The first-order valence-corrected chi connectivity index (χ1v) is 12.2. The van der Waals surface area contributed by atoms with Crippen molar-refractivity contribution in [3.05, 3.63) is 64.8 Å². The third-order valence-electron chi connectivity index (χ3n) is 6.36. The topological polar surface area (TPSA) is 112 Å². The highest BCUT2D eigenvalue weighted by Gasteiger charge is 2.27. The van der Waals surface area contributed by atoms with Gasteiger partial charge < -0.3 is 29.4 Å². The number of carbonyl (C=O) groups is 1. The van der Waals surface area contributed by atoms with E-state index in [9.17, 15) is 4.79 Å². The van der Waals surface area contributed by atoms with Crippen LogP contribution in [-0.2, 0) is 13.2 Å². The Balaban J connectivity index is 1.18. The fourth-order valence-corrected chi connectivity index (χ4v) is 4.67. The van der Waals surface area contributed by atoms with E-state index in [0.717, 1.165) is 54.1 Å². The number of aromatic amines is 1. The molecule has 11 heteroatoms. The van der Waals surface area contributed by atoms with Crippen LogP contribution in [-0.4, -0.2) is 57.4 Å². The molecule has 0 aliphatic carbocycles. The van der Waals surface area contributed by atoms with E-state index in [0.29, 0.717) is 23.0 Å². The summed E-state index contributed by atoms with van der Waals surface area (Å²) in [5.41, 5.74) is 2.44. The fourth-order valence-electron chi connectivity index (χ4n) is 4.44. The molecule has 0 saturated carbocycles. The molecule has 1 atom stereocenters. The fraction of sp³-hybridized carbons (Fsp3) is 0.360. The van der Waals surface area contributed by atoms with E-state index in [1.807, 2.05) is 50.4 Å². The van der Waals surface area contributed by atoms with Crippen LogP contribution < -0.4 is 15.0 Å². The second-order valence-corrected chi connectivity index (χ2v) is 9.38. The van der Waals surface area contributed by atoms with Crippen molar-refractivity contribution in [1.29, 1.82) is 0 Å². The van der Waals surface area contributed by atoms with Crippen molar-refractivity contribution in [1.82, 2.24) is 30.6 Å². The molecule has 0 unspecified atom stereocenters. The Morgan fingerprint density at radius 3 is 3.03 bits per heavy atom. The number of hydrogen-bond acceptors (Lipinski definition) is 7. The summed E-state index contributed by atoms with van der Waals surface area (Å²) in [6.45, 7) is 4.09. The molecule has 1 aliphatic heterocycles. The quantitative estimate of drug-likeness (QED) is 0.382. The predicted octanol–water partition coefficient (Wildman–Crippen LogP) is 4.30. The number of likely N-dealkylation sites (N-methyl/N-ethyl adjacent to an activating group) is 1. The Labute approximate surface area is 213 Å². The number of nitrogens with one attached hydrogen (secondary N) is 2. The minimum Gasteiger partial charge on any atom is -0.486 e. The van der Waals surface area contributed by atoms with Crippen LogP contribution in [0.4, 0.5) is 10.6 Å². The number of urea groups is 1. The molecule has 1 fully saturated rings. The van der Waals surface area contributed by atoms with Crippen LogP contribution in [0.5, 0.6) is 5.75 Å². The molecule has 1 aliphatic rings. The number of H-pyrrole nitrogens is 1. The highest BCUT2D eigenvalue weighted by atomic mass is 35.5. The van der Waals surface area contributed by atoms with Gasteiger partial charge in [-0.15, -0.1) is 5.10 Å². The van der Waals surface area contributed by atoms with E-state index in [1.165, 1.54) is 0 Å². The van der Waals surface area contributed by atoms with Gasteiger partial charge in [-0.05, 0) is 44.0 Å². The van der Waals surface area contributed by atoms with Crippen molar-refractivity contribution in [2.24, 2.45) is 0 Å². The number of hydrogen-bond donors (Lipinski definition) is 2. The molecule has 36 heavy (non-hydrogen) atoms. The van der Waals surface area contributed by atoms with Crippen LogP contribution in [0.3, 0.4) is 0 Å². The standard InChI is InChI=1S/C25H28ClN7O3/c1-16-9-19(31-36-16)15-35-23-12-22-17(11-21(23)26)10-18(29-22)13-27-25(34)32(2)20-5-4-8-33(14-20)24-6-3-7-28-30-24/h3,6-7,9-12,20,29H,4-5,8,13-15H2,1-2H3,(H,27,34)/t20-/m1/s1. The number of benzene rings is 1. The molecule has 1 saturated heterocycles. The lowest BCUT2D eigenvalue weighted by molar-refractivity contribution is 0.182. The SMILES string of the molecule is Cc1cc(COc2cc3[nH]c(CNC(=O)N(C)[C@@H]4CCCN(c5cccnn5)C4)cc3cc2Cl)no1. The van der Waals surface area contributed by atoms with Gasteiger partial charge in [0.05, 0.1) is 17.6 Å². The molecule has 1 aromatic carbocycles. The Hall–Kier alpha value is -3.79. The molecule has 4 aromatic rings. The van der Waals surface area contributed by atoms with Gasteiger partial charge in [0.25, 0.3) is 0 Å². The first-order chi connectivity index (χ1) is 17.5. The number of carbonyl (C=O) groups excluding carboxylic acids is 1. The van der Waals surface area contributed by atoms with Gasteiger partial charge in [-0.2, -0.15) is 5.10 Å². The van der Waals surface area contributed by atoms with E-state index in [2.05, 4.69) is 30.6 Å². The zero-order valence-corrected chi connectivity index (χ0v) is 21.0. The molecule has 5 rings (SSSR count). The maximum atomic E-state index is 12.9. The third kappa shape index (κ3) is 5.38. The molecular formula is C25H28ClN7O3. The van der Waals surface area contributed by atoms with Crippen LogP contribution in [0.25, 0.3) is 10.9 Å². The number of amides is 2. The number of nitrogens with zero attached hydrogens (tertiary/aromatic N) is 5. The molecule has 4 heterocycles. The minimum atomic E-state index is -0.121. The van der Waals surface area contributed by atoms with Crippen LogP contribution in [0.15, 0.2) is 47.1 Å². The summed E-state index contributed by atoms with van der Waals surface area (Å²) in [4.78, 5) is 20.2. The summed E-state index contributed by atoms with van der Waals surface area (Å²) >= 11 is 6.42. The molecule has 0 radical (unpaired) electrons. The van der Waals surface area contributed by atoms with Crippen molar-refractivity contribution < 1.29 is 14.1 Å². The zero-order valence-electron chi connectivity index (χ0n) is 20.2. The maximum Gasteiger partial charge on any atom is 0.317 e. The van der Waals surface area contributed by atoms with Crippen LogP contribution >= 0.6 is 11.6 Å². The van der Waals surface area contributed by atoms with Gasteiger partial charge in [0.2, 0.25) is 0 Å². The monoisotopic (exact) mass is 509 g/mol. The smallest absolute Gasteiger partial charge is 0.317 e. The van der Waals surface area contributed by atoms with Crippen molar-refractivity contribution in [3.8, 4) is 5.75 Å². The first kappa shape index (κ1) is 23.9. The predicted molar refractivity (Wildman–Crippen MR) is 136 cm³/mol. The number of rotatable bonds is 7. The van der Waals surface area contributed by atoms with E-state index in [1.54, 1.807) is 11.1 Å². The summed E-state index contributed by atoms with van der Waals surface area (Å²) in [6.07, 6.45) is 3.60. The Morgan fingerprint density at radius 2 is 2.25 bits per heavy atom. The number of anilines is 1. The normalized spacial score (nSPS) is 15.8. The molecule has 2 amide bonds. The van der Waals surface area contributed by atoms with Crippen LogP contribution in [0, 0.1) is 6.92 Å². The van der Waals surface area contributed by atoms with Gasteiger partial charge in [-0.1, -0.05) is 16.8 Å². The van der Waals surface area contributed by atoms with Crippen LogP contribution in [0.2, 0.25) is 5.02 Å². The van der Waals surface area contributed by atoms with Crippen LogP contribution in [0.1, 0.15) is 30.0 Å². The van der Waals surface area contributed by atoms with Gasteiger partial charge in [-0.3, -0.25) is 0 Å². The summed E-state index contributed by atoms with van der Waals surface area (Å²) < 4.78 is 10.9. The lowest BCUT2D eigenvalue weighted by atomic mass is 10.0. The van der Waals surface area contributed by atoms with E-state index in [-0.39, 0.29) is 18.7 Å². The number of halogens is 1. The van der Waals surface area contributed by atoms with E-state index in [4.69, 9.17) is 20.9 Å². The van der Waals surface area contributed by atoms with Gasteiger partial charge in [0.15, 0.2) is 5.82 Å². The number of aryl methyl sites for hydroxylation is 1. The Bertz CT molecular complexity index is 1340. The summed E-state index contributed by atoms with van der Waals surface area (Å²) in [5.74, 6) is 2.11. The summed E-state index contributed by atoms with van der Waals surface area (Å²) in [6, 6.07) is 11.3. The average Bonchev–Trinajstić information content (AvgIpc) is 3.50. The number of piperidine rings is 1. The van der Waals surface area contributed by atoms with Gasteiger partial charge >= 0.3 is 6.03 Å². The molecule has 0 spiro atoms. The Morgan fingerprint density at radius 1 is 1.36 bits per heavy atom. The largest absolute Gasteiger partial charge is 0.486 e. The van der Waals surface area contributed by atoms with Crippen molar-refractivity contribution in [3.63, 3.8) is 0 Å². The lowest BCUT2D eigenvalue weighted by Gasteiger charge is -2.37. The van der Waals surface area contributed by atoms with Gasteiger partial charge in [0.1, 0.15) is 23.8 Å². The first-order valence-electron chi connectivity index (χ1n) is 11.9. The maximum absolute atomic E-state index is 12.9. The van der Waals surface area contributed by atoms with E-state index < -0.39 is 0 Å². The molecule has 188 valence electrons. The molecule has 10 nitrogen and oxygen atoms in total. The highest BCUT2D eigenvalue weighted by molar-refractivity contribution is 6.32. The number of fused-ring (bicyclic) bond motifs is 1. The van der Waals surface area contributed by atoms with Crippen molar-refractivity contribution >= 4 is 34.4 Å². The van der Waals surface area contributed by atoms with E-state index >= 15 is 0 Å². The number of aromatic nitrogens is 4. The minimum absolute atomic E-state index is 0.0930. The highest BCUT2D eigenvalue weighted by Crippen LogP contribution is 2.31. The lowest BCUT2D eigenvalue weighted by Crippen LogP contribution is -2.51. The third-order valence-corrected chi connectivity index (χ3v) is 6.65. The summed E-state index contributed by atoms with van der Waals surface area (Å²) in [7, 11) is 1.84. The Kier molecular flexibility index (Phi) is 6.95. The van der Waals surface area contributed by atoms with Crippen molar-refractivity contribution in [2.45, 2.75) is 39.0 Å². The average molecular weight is 510 g/mol. The summed E-state index contributed by atoms with van der Waals surface area (Å²) in [5, 5.41) is 16.6. The number of ether oxygens (including phenoxy) is 1. The molecule has 3 aromatic heterocycles. The van der Waals surface area contributed by atoms with Gasteiger partial charge in [-0.25, -0.2) is 4.79 Å². The molecule has 2 N–H and O–H groups in total. The molecular weight excluding hydrogens is 482 g/mol.